The number of fused-ring (bicyclic) bond motifs is 1. The Kier molecular flexibility index (Phi) is 9.80. The van der Waals surface area contributed by atoms with Crippen molar-refractivity contribution in [3.8, 4) is 11.5 Å². The van der Waals surface area contributed by atoms with Crippen molar-refractivity contribution in [3.05, 3.63) is 93.0 Å². The fraction of sp³-hybridized carbons (Fsp3) is 0.514. The molecule has 2 saturated heterocycles. The number of benzene rings is 3. The highest BCUT2D eigenvalue weighted by molar-refractivity contribution is 5.61. The van der Waals surface area contributed by atoms with Crippen LogP contribution in [0.5, 0.6) is 11.5 Å². The molecule has 3 aromatic carbocycles. The summed E-state index contributed by atoms with van der Waals surface area (Å²) in [6.45, 7) is 11.6. The van der Waals surface area contributed by atoms with Gasteiger partial charge >= 0.3 is 0 Å². The zero-order valence-corrected chi connectivity index (χ0v) is 26.8. The first kappa shape index (κ1) is 32.0. The molecule has 4 unspecified atom stereocenters. The predicted octanol–water partition coefficient (Wildman–Crippen LogP) is 4.51. The van der Waals surface area contributed by atoms with E-state index in [0.29, 0.717) is 13.2 Å². The zero-order chi connectivity index (χ0) is 31.6. The van der Waals surface area contributed by atoms with Gasteiger partial charge in [-0.25, -0.2) is 0 Å². The van der Waals surface area contributed by atoms with Crippen LogP contribution in [0.15, 0.2) is 48.5 Å². The van der Waals surface area contributed by atoms with Crippen LogP contribution >= 0.6 is 0 Å². The van der Waals surface area contributed by atoms with Crippen LogP contribution in [0, 0.1) is 27.7 Å². The predicted molar refractivity (Wildman–Crippen MR) is 171 cm³/mol. The van der Waals surface area contributed by atoms with E-state index in [9.17, 15) is 10.2 Å². The van der Waals surface area contributed by atoms with Gasteiger partial charge < -0.3 is 38.6 Å². The van der Waals surface area contributed by atoms with Gasteiger partial charge in [0, 0.05) is 5.41 Å². The van der Waals surface area contributed by atoms with E-state index in [-0.39, 0.29) is 44.1 Å². The van der Waals surface area contributed by atoms with Crippen LogP contribution in [0.3, 0.4) is 0 Å². The van der Waals surface area contributed by atoms with Crippen molar-refractivity contribution >= 4 is 0 Å². The fourth-order valence-corrected chi connectivity index (χ4v) is 6.68. The summed E-state index contributed by atoms with van der Waals surface area (Å²) in [5.74, 6) is 1.60. The van der Waals surface area contributed by atoms with Crippen molar-refractivity contribution in [2.24, 2.45) is 0 Å². The molecule has 0 aromatic heterocycles. The third kappa shape index (κ3) is 7.38. The number of hydrogen-bond acceptors (Lipinski definition) is 8. The van der Waals surface area contributed by atoms with Crippen molar-refractivity contribution in [2.75, 3.05) is 52.9 Å². The molecule has 45 heavy (non-hydrogen) atoms. The maximum atomic E-state index is 10.4. The van der Waals surface area contributed by atoms with Crippen molar-refractivity contribution in [1.29, 1.82) is 0 Å². The van der Waals surface area contributed by atoms with Crippen LogP contribution in [0.1, 0.15) is 50.9 Å². The molecule has 1 aliphatic carbocycles. The van der Waals surface area contributed by atoms with Crippen LogP contribution in [-0.2, 0) is 30.8 Å². The molecule has 2 aliphatic heterocycles. The molecule has 8 heteroatoms. The summed E-state index contributed by atoms with van der Waals surface area (Å²) in [6, 6.07) is 17.7. The number of aliphatic hydroxyl groups is 2. The molecule has 3 aromatic rings. The van der Waals surface area contributed by atoms with E-state index >= 15 is 0 Å². The molecular formula is C37H46O8. The molecule has 2 heterocycles. The van der Waals surface area contributed by atoms with E-state index in [0.717, 1.165) is 59.8 Å². The maximum absolute atomic E-state index is 10.4. The van der Waals surface area contributed by atoms with Crippen LogP contribution < -0.4 is 9.47 Å². The number of hydrogen-bond donors (Lipinski definition) is 2. The minimum Gasteiger partial charge on any atom is -0.490 e. The summed E-state index contributed by atoms with van der Waals surface area (Å²) in [7, 11) is 0. The quantitative estimate of drug-likeness (QED) is 0.226. The Labute approximate surface area is 266 Å². The number of rotatable bonds is 16. The lowest BCUT2D eigenvalue weighted by Crippen LogP contribution is -2.28. The highest BCUT2D eigenvalue weighted by Crippen LogP contribution is 2.51. The number of ether oxygens (including phenoxy) is 6. The molecule has 2 fully saturated rings. The van der Waals surface area contributed by atoms with Crippen LogP contribution in [-0.4, -0.2) is 87.5 Å². The molecule has 4 atom stereocenters. The van der Waals surface area contributed by atoms with Gasteiger partial charge in [-0.05, 0) is 85.0 Å². The third-order valence-corrected chi connectivity index (χ3v) is 9.03. The van der Waals surface area contributed by atoms with E-state index in [1.807, 2.05) is 0 Å². The number of epoxide rings is 2. The Hall–Kier alpha value is -2.98. The second-order valence-electron chi connectivity index (χ2n) is 12.9. The molecule has 3 aliphatic rings. The van der Waals surface area contributed by atoms with Crippen LogP contribution in [0.4, 0.5) is 0 Å². The summed E-state index contributed by atoms with van der Waals surface area (Å²) in [5.41, 5.74) is 8.93. The molecule has 0 saturated carbocycles. The van der Waals surface area contributed by atoms with Gasteiger partial charge in [0.1, 0.15) is 49.1 Å². The molecule has 0 amide bonds. The largest absolute Gasteiger partial charge is 0.490 e. The van der Waals surface area contributed by atoms with Crippen molar-refractivity contribution in [2.45, 2.75) is 70.4 Å². The molecule has 8 nitrogen and oxygen atoms in total. The monoisotopic (exact) mass is 618 g/mol. The Morgan fingerprint density at radius 2 is 1.16 bits per heavy atom. The Morgan fingerprint density at radius 1 is 0.711 bits per heavy atom. The maximum Gasteiger partial charge on any atom is 0.125 e. The van der Waals surface area contributed by atoms with Gasteiger partial charge in [0.15, 0.2) is 0 Å². The highest BCUT2D eigenvalue weighted by Gasteiger charge is 2.42. The molecule has 0 bridgehead atoms. The second kappa shape index (κ2) is 13.8. The second-order valence-corrected chi connectivity index (χ2v) is 12.9. The first-order valence-corrected chi connectivity index (χ1v) is 16.1. The van der Waals surface area contributed by atoms with Crippen molar-refractivity contribution < 1.29 is 38.6 Å². The van der Waals surface area contributed by atoms with E-state index in [1.165, 1.54) is 22.3 Å². The first-order chi connectivity index (χ1) is 21.7. The van der Waals surface area contributed by atoms with E-state index in [2.05, 4.69) is 76.2 Å². The topological polar surface area (TPSA) is 102 Å². The fourth-order valence-electron chi connectivity index (χ4n) is 6.68. The Balaban J connectivity index is 1.24. The summed E-state index contributed by atoms with van der Waals surface area (Å²) in [6.07, 6.45) is 0.849. The smallest absolute Gasteiger partial charge is 0.125 e. The van der Waals surface area contributed by atoms with E-state index in [1.54, 1.807) is 0 Å². The van der Waals surface area contributed by atoms with E-state index < -0.39 is 12.2 Å². The summed E-state index contributed by atoms with van der Waals surface area (Å²) >= 11 is 0. The molecular weight excluding hydrogens is 572 g/mol. The highest BCUT2D eigenvalue weighted by atomic mass is 16.6. The van der Waals surface area contributed by atoms with Gasteiger partial charge in [0.25, 0.3) is 0 Å². The first-order valence-electron chi connectivity index (χ1n) is 16.1. The molecule has 2 N–H and O–H groups in total. The van der Waals surface area contributed by atoms with Gasteiger partial charge in [-0.15, -0.1) is 0 Å². The van der Waals surface area contributed by atoms with Gasteiger partial charge in [-0.2, -0.15) is 0 Å². The normalized spacial score (nSPS) is 23.0. The molecule has 0 radical (unpaired) electrons. The Morgan fingerprint density at radius 3 is 1.60 bits per heavy atom. The Bertz CT molecular complexity index is 1350. The molecule has 6 rings (SSSR count). The number of aryl methyl sites for hydroxylation is 5. The van der Waals surface area contributed by atoms with E-state index in [4.69, 9.17) is 28.4 Å². The summed E-state index contributed by atoms with van der Waals surface area (Å²) in [4.78, 5) is 0. The van der Waals surface area contributed by atoms with Gasteiger partial charge in [-0.1, -0.05) is 48.5 Å². The van der Waals surface area contributed by atoms with Crippen LogP contribution in [0.25, 0.3) is 0 Å². The zero-order valence-electron chi connectivity index (χ0n) is 26.8. The van der Waals surface area contributed by atoms with Crippen molar-refractivity contribution in [1.82, 2.24) is 0 Å². The summed E-state index contributed by atoms with van der Waals surface area (Å²) in [5, 5.41) is 20.9. The average Bonchev–Trinajstić information content (AvgIpc) is 3.95. The van der Waals surface area contributed by atoms with Crippen LogP contribution in [0.2, 0.25) is 0 Å². The lowest BCUT2D eigenvalue weighted by atomic mass is 9.69. The SMILES string of the molecule is Cc1cc(C2(c3cc(C)c(OCC(O)COCC4CO4)c(C)c3)CCc3ccccc32)cc(C)c1OCC(O)COCC1CO1. The lowest BCUT2D eigenvalue weighted by Gasteiger charge is -2.34. The summed E-state index contributed by atoms with van der Waals surface area (Å²) < 4.78 is 33.7. The lowest BCUT2D eigenvalue weighted by molar-refractivity contribution is 0.00736. The third-order valence-electron chi connectivity index (χ3n) is 9.03. The molecule has 242 valence electrons. The van der Waals surface area contributed by atoms with Gasteiger partial charge in [0.2, 0.25) is 0 Å². The van der Waals surface area contributed by atoms with Gasteiger partial charge in [0.05, 0.1) is 39.6 Å². The number of aliphatic hydroxyl groups excluding tert-OH is 2. The standard InChI is InChI=1S/C37H46O8/c1-23-11-28(12-24(2)35(23)44-17-30(38)15-40-19-32-21-42-32)37(10-9-27-7-5-6-8-34(27)37)29-13-25(3)36(26(4)14-29)45-18-31(39)16-41-20-33-22-43-33/h5-8,11-14,30-33,38-39H,9-10,15-22H2,1-4H3. The molecule has 0 spiro atoms. The minimum atomic E-state index is -0.715. The average molecular weight is 619 g/mol. The van der Waals surface area contributed by atoms with Gasteiger partial charge in [-0.3, -0.25) is 0 Å². The minimum absolute atomic E-state index is 0.163. The van der Waals surface area contributed by atoms with Crippen molar-refractivity contribution in [3.63, 3.8) is 0 Å².